The van der Waals surface area contributed by atoms with E-state index in [9.17, 15) is 17.6 Å². The van der Waals surface area contributed by atoms with Crippen LogP contribution in [-0.2, 0) is 6.18 Å². The van der Waals surface area contributed by atoms with Crippen molar-refractivity contribution in [3.8, 4) is 0 Å². The van der Waals surface area contributed by atoms with E-state index in [4.69, 9.17) is 11.1 Å². The van der Waals surface area contributed by atoms with Crippen molar-refractivity contribution in [3.63, 3.8) is 0 Å². The average molecular weight is 511 g/mol. The van der Waals surface area contributed by atoms with E-state index in [1.54, 1.807) is 19.9 Å². The lowest BCUT2D eigenvalue weighted by atomic mass is 10.1. The van der Waals surface area contributed by atoms with Gasteiger partial charge in [-0.3, -0.25) is 5.41 Å². The van der Waals surface area contributed by atoms with Crippen LogP contribution in [0.15, 0.2) is 51.5 Å². The van der Waals surface area contributed by atoms with Crippen LogP contribution in [0.2, 0.25) is 0 Å². The smallest absolute Gasteiger partial charge is 0.378 e. The number of benzene rings is 2. The number of alkyl halides is 3. The van der Waals surface area contributed by atoms with E-state index in [1.165, 1.54) is 22.8 Å². The largest absolute Gasteiger partial charge is 0.419 e. The van der Waals surface area contributed by atoms with E-state index in [1.807, 2.05) is 26.0 Å². The molecule has 0 radical (unpaired) electrons. The molecule has 1 aliphatic heterocycles. The van der Waals surface area contributed by atoms with Gasteiger partial charge in [0.15, 0.2) is 5.17 Å². The van der Waals surface area contributed by atoms with E-state index in [-0.39, 0.29) is 21.7 Å². The second-order valence-electron chi connectivity index (χ2n) is 7.46. The minimum absolute atomic E-state index is 0.0219. The number of nitrogens with zero attached hydrogens (tertiary/aromatic N) is 4. The number of guanidine groups is 1. The number of nitrogens with one attached hydrogen (secondary N) is 1. The summed E-state index contributed by atoms with van der Waals surface area (Å²) < 4.78 is 53.9. The van der Waals surface area contributed by atoms with Crippen LogP contribution in [0.3, 0.4) is 0 Å². The fourth-order valence-corrected chi connectivity index (χ4v) is 4.45. The molecule has 1 heterocycles. The quantitative estimate of drug-likeness (QED) is 0.271. The van der Waals surface area contributed by atoms with Crippen molar-refractivity contribution in [3.05, 3.63) is 64.5 Å². The van der Waals surface area contributed by atoms with Crippen LogP contribution in [0.1, 0.15) is 41.5 Å². The van der Waals surface area contributed by atoms with Gasteiger partial charge < -0.3 is 5.73 Å². The Morgan fingerprint density at radius 3 is 2.47 bits per heavy atom. The van der Waals surface area contributed by atoms with E-state index in [0.29, 0.717) is 10.7 Å². The van der Waals surface area contributed by atoms with Gasteiger partial charge in [0.2, 0.25) is 0 Å². The number of hydrazone groups is 1. The van der Waals surface area contributed by atoms with Crippen LogP contribution < -0.4 is 5.73 Å². The molecule has 0 fully saturated rings. The Bertz CT molecular complexity index is 1210. The third-order valence-corrected chi connectivity index (χ3v) is 6.45. The van der Waals surface area contributed by atoms with Gasteiger partial charge in [-0.05, 0) is 80.4 Å². The van der Waals surface area contributed by atoms with Crippen LogP contribution >= 0.6 is 23.5 Å². The zero-order valence-corrected chi connectivity index (χ0v) is 20.4. The van der Waals surface area contributed by atoms with E-state index in [2.05, 4.69) is 15.1 Å². The average Bonchev–Trinajstić information content (AvgIpc) is 3.11. The van der Waals surface area contributed by atoms with Crippen molar-refractivity contribution in [2.75, 3.05) is 0 Å². The van der Waals surface area contributed by atoms with Gasteiger partial charge in [0.25, 0.3) is 5.96 Å². The van der Waals surface area contributed by atoms with E-state index in [0.717, 1.165) is 35.0 Å². The lowest BCUT2D eigenvalue weighted by molar-refractivity contribution is -0.140. The van der Waals surface area contributed by atoms with Gasteiger partial charge in [0.05, 0.1) is 21.3 Å². The van der Waals surface area contributed by atoms with Gasteiger partial charge in [0, 0.05) is 0 Å². The number of nitrogens with two attached hydrogens (primary N) is 1. The van der Waals surface area contributed by atoms with Crippen LogP contribution in [-0.4, -0.2) is 26.2 Å². The summed E-state index contributed by atoms with van der Waals surface area (Å²) in [5.41, 5.74) is 7.40. The van der Waals surface area contributed by atoms with E-state index < -0.39 is 22.9 Å². The topological polar surface area (TPSA) is 90.2 Å². The third-order valence-electron chi connectivity index (χ3n) is 4.73. The Kier molecular flexibility index (Phi) is 7.71. The predicted molar refractivity (Wildman–Crippen MR) is 132 cm³/mol. The molecule has 180 valence electrons. The molecule has 1 unspecified atom stereocenters. The number of thioether (sulfide) groups is 2. The number of halogens is 4. The van der Waals surface area contributed by atoms with Gasteiger partial charge in [0.1, 0.15) is 11.2 Å². The first kappa shape index (κ1) is 25.8. The van der Waals surface area contributed by atoms with Crippen molar-refractivity contribution in [1.29, 1.82) is 5.41 Å². The highest BCUT2D eigenvalue weighted by Gasteiger charge is 2.37. The molecule has 0 saturated carbocycles. The summed E-state index contributed by atoms with van der Waals surface area (Å²) in [7, 11) is 0. The van der Waals surface area contributed by atoms with Crippen molar-refractivity contribution in [2.45, 2.75) is 39.2 Å². The molecule has 34 heavy (non-hydrogen) atoms. The monoisotopic (exact) mass is 510 g/mol. The highest BCUT2D eigenvalue weighted by molar-refractivity contribution is 8.26. The summed E-state index contributed by atoms with van der Waals surface area (Å²) in [6, 6.07) is 8.33. The molecular formula is C22H22F4N6S2. The standard InChI is InChI=1S/C22H22F4N6S2/c1-11-5-7-16(9-12(11)2)29-21(30-20(28)33-13(3)27)32-19(34-14(4)31-32)15-6-8-18(23)17(10-15)22(24,25)26/h5-10,19,27H,1-4H3,(H2,28,29,30). The van der Waals surface area contributed by atoms with Crippen LogP contribution in [0.4, 0.5) is 23.2 Å². The summed E-state index contributed by atoms with van der Waals surface area (Å²) in [5, 5.41) is 13.4. The second-order valence-corrected chi connectivity index (χ2v) is 9.97. The molecule has 0 bridgehead atoms. The highest BCUT2D eigenvalue weighted by Crippen LogP contribution is 2.42. The first-order chi connectivity index (χ1) is 15.8. The highest BCUT2D eigenvalue weighted by atomic mass is 32.2. The molecule has 0 saturated heterocycles. The minimum Gasteiger partial charge on any atom is -0.378 e. The van der Waals surface area contributed by atoms with Crippen molar-refractivity contribution in [2.24, 2.45) is 20.8 Å². The Morgan fingerprint density at radius 1 is 1.15 bits per heavy atom. The SMILES string of the molecule is CC(=N)S/C(N)=N/C(=Nc1ccc(C)c(C)c1)N1N=C(C)SC1c1ccc(F)c(C(F)(F)F)c1. The molecule has 3 rings (SSSR count). The van der Waals surface area contributed by atoms with Crippen LogP contribution in [0, 0.1) is 25.1 Å². The zero-order chi connectivity index (χ0) is 25.2. The maximum atomic E-state index is 13.9. The molecule has 6 nitrogen and oxygen atoms in total. The molecule has 2 aromatic carbocycles. The molecule has 1 atom stereocenters. The predicted octanol–water partition coefficient (Wildman–Crippen LogP) is 6.57. The zero-order valence-electron chi connectivity index (χ0n) is 18.7. The van der Waals surface area contributed by atoms with Crippen molar-refractivity contribution < 1.29 is 17.6 Å². The maximum absolute atomic E-state index is 13.9. The summed E-state index contributed by atoms with van der Waals surface area (Å²) in [4.78, 5) is 8.88. The lowest BCUT2D eigenvalue weighted by Crippen LogP contribution is -2.27. The summed E-state index contributed by atoms with van der Waals surface area (Å²) in [5.74, 6) is -1.32. The van der Waals surface area contributed by atoms with Gasteiger partial charge in [-0.1, -0.05) is 23.9 Å². The number of hydrogen-bond donors (Lipinski definition) is 2. The number of aryl methyl sites for hydroxylation is 2. The van der Waals surface area contributed by atoms with Crippen LogP contribution in [0.25, 0.3) is 0 Å². The maximum Gasteiger partial charge on any atom is 0.419 e. The van der Waals surface area contributed by atoms with Crippen LogP contribution in [0.5, 0.6) is 0 Å². The molecule has 0 spiro atoms. The van der Waals surface area contributed by atoms with Gasteiger partial charge in [-0.15, -0.1) is 0 Å². The Labute approximate surface area is 202 Å². The van der Waals surface area contributed by atoms with Gasteiger partial charge in [-0.2, -0.15) is 23.3 Å². The Hall–Kier alpha value is -2.86. The Morgan fingerprint density at radius 2 is 1.85 bits per heavy atom. The number of amidine groups is 1. The molecule has 0 aromatic heterocycles. The molecule has 12 heteroatoms. The first-order valence-corrected chi connectivity index (χ1v) is 11.7. The third kappa shape index (κ3) is 6.17. The summed E-state index contributed by atoms with van der Waals surface area (Å²) in [6.07, 6.45) is -4.85. The number of aliphatic imine (C=N–C) groups is 2. The Balaban J connectivity index is 2.12. The van der Waals surface area contributed by atoms with Crippen molar-refractivity contribution in [1.82, 2.24) is 5.01 Å². The first-order valence-electron chi connectivity index (χ1n) is 9.96. The normalized spacial score (nSPS) is 17.2. The molecule has 0 amide bonds. The van der Waals surface area contributed by atoms with Crippen molar-refractivity contribution >= 4 is 50.4 Å². The molecule has 0 aliphatic carbocycles. The summed E-state index contributed by atoms with van der Waals surface area (Å²) >= 11 is 2.10. The minimum atomic E-state index is -4.85. The molecule has 3 N–H and O–H groups in total. The second kappa shape index (κ2) is 10.2. The number of rotatable bonds is 2. The molecular weight excluding hydrogens is 488 g/mol. The number of hydrogen-bond acceptors (Lipinski definition) is 5. The fourth-order valence-electron chi connectivity index (χ4n) is 3.03. The molecule has 1 aliphatic rings. The molecule has 2 aromatic rings. The van der Waals surface area contributed by atoms with Gasteiger partial charge >= 0.3 is 6.18 Å². The fraction of sp³-hybridized carbons (Fsp3) is 0.273. The lowest BCUT2D eigenvalue weighted by Gasteiger charge is -2.23. The van der Waals surface area contributed by atoms with Gasteiger partial charge in [-0.25, -0.2) is 14.4 Å². The summed E-state index contributed by atoms with van der Waals surface area (Å²) in [6.45, 7) is 7.12. The van der Waals surface area contributed by atoms with E-state index >= 15 is 0 Å².